The molecule has 0 aliphatic carbocycles. The number of nitrogens with one attached hydrogen (secondary N) is 1. The predicted molar refractivity (Wildman–Crippen MR) is 70.2 cm³/mol. The molecular weight excluding hydrogens is 272 g/mol. The Morgan fingerprint density at radius 3 is 2.53 bits per heavy atom. The summed E-state index contributed by atoms with van der Waals surface area (Å²) in [5, 5.41) is 11.7. The molecule has 8 heteroatoms. The molecule has 0 saturated carbocycles. The highest BCUT2D eigenvalue weighted by Crippen LogP contribution is 2.20. The van der Waals surface area contributed by atoms with E-state index in [1.807, 2.05) is 0 Å². The van der Waals surface area contributed by atoms with Gasteiger partial charge in [-0.25, -0.2) is 13.2 Å². The lowest BCUT2D eigenvalue weighted by atomic mass is 10.1. The summed E-state index contributed by atoms with van der Waals surface area (Å²) in [6.07, 6.45) is 0.975. The van der Waals surface area contributed by atoms with Crippen molar-refractivity contribution in [3.8, 4) is 0 Å². The van der Waals surface area contributed by atoms with Crippen LogP contribution in [0.3, 0.4) is 0 Å². The fraction of sp³-hybridized carbons (Fsp3) is 0.273. The third kappa shape index (κ3) is 3.95. The lowest BCUT2D eigenvalue weighted by Crippen LogP contribution is -2.14. The average Bonchev–Trinajstić information content (AvgIpc) is 2.35. The number of benzene rings is 1. The van der Waals surface area contributed by atoms with Crippen LogP contribution >= 0.6 is 0 Å². The first kappa shape index (κ1) is 15.0. The van der Waals surface area contributed by atoms with Crippen LogP contribution in [0, 0.1) is 0 Å². The Morgan fingerprint density at radius 1 is 1.42 bits per heavy atom. The molecule has 0 aliphatic rings. The highest BCUT2D eigenvalue weighted by Gasteiger charge is 2.16. The molecule has 0 radical (unpaired) electrons. The number of ether oxygens (including phenoxy) is 1. The number of esters is 1. The van der Waals surface area contributed by atoms with Gasteiger partial charge in [0.25, 0.3) is 0 Å². The van der Waals surface area contributed by atoms with Crippen LogP contribution in [-0.2, 0) is 14.8 Å². The molecule has 0 aromatic heterocycles. The lowest BCUT2D eigenvalue weighted by molar-refractivity contribution is 0.0602. The molecule has 1 aromatic rings. The first-order valence-electron chi connectivity index (χ1n) is 5.17. The number of hydrogen-bond donors (Lipinski definition) is 2. The predicted octanol–water partition coefficient (Wildman–Crippen LogP) is 1.04. The standard InChI is InChI=1S/C11H14N2O5S/c1-7(12-15)8-4-5-10(13-19(3,16)17)9(6-8)11(14)18-2/h4-6,13,15H,1-3H3. The van der Waals surface area contributed by atoms with Crippen molar-refractivity contribution in [1.82, 2.24) is 0 Å². The van der Waals surface area contributed by atoms with Crippen molar-refractivity contribution < 1.29 is 23.2 Å². The summed E-state index contributed by atoms with van der Waals surface area (Å²) in [6.45, 7) is 1.54. The molecule has 0 unspecified atom stereocenters. The molecule has 0 heterocycles. The maximum absolute atomic E-state index is 11.6. The highest BCUT2D eigenvalue weighted by molar-refractivity contribution is 7.92. The van der Waals surface area contributed by atoms with Crippen LogP contribution in [-0.4, -0.2) is 38.7 Å². The monoisotopic (exact) mass is 286 g/mol. The number of carbonyl (C=O) groups excluding carboxylic acids is 1. The zero-order valence-electron chi connectivity index (χ0n) is 10.7. The van der Waals surface area contributed by atoms with Crippen LogP contribution < -0.4 is 4.72 Å². The van der Waals surface area contributed by atoms with Crippen molar-refractivity contribution in [3.63, 3.8) is 0 Å². The van der Waals surface area contributed by atoms with Gasteiger partial charge in [-0.2, -0.15) is 0 Å². The summed E-state index contributed by atoms with van der Waals surface area (Å²) in [5.41, 5.74) is 0.898. The van der Waals surface area contributed by atoms with Crippen LogP contribution in [0.4, 0.5) is 5.69 Å². The van der Waals surface area contributed by atoms with Crippen molar-refractivity contribution in [2.24, 2.45) is 5.16 Å². The van der Waals surface area contributed by atoms with Gasteiger partial charge in [0, 0.05) is 5.56 Å². The number of hydrogen-bond acceptors (Lipinski definition) is 6. The molecule has 0 atom stereocenters. The molecule has 0 bridgehead atoms. The topological polar surface area (TPSA) is 105 Å². The Bertz CT molecular complexity index is 622. The number of rotatable bonds is 4. The van der Waals surface area contributed by atoms with E-state index in [1.165, 1.54) is 25.3 Å². The van der Waals surface area contributed by atoms with E-state index in [2.05, 4.69) is 14.6 Å². The number of methoxy groups -OCH3 is 1. The second-order valence-electron chi connectivity index (χ2n) is 3.81. The minimum Gasteiger partial charge on any atom is -0.465 e. The molecule has 0 saturated heterocycles. The normalized spacial score (nSPS) is 12.1. The van der Waals surface area contributed by atoms with Gasteiger partial charge < -0.3 is 9.94 Å². The van der Waals surface area contributed by atoms with E-state index in [0.717, 1.165) is 6.26 Å². The molecule has 0 amide bonds. The summed E-state index contributed by atoms with van der Waals surface area (Å²) in [5.74, 6) is -0.696. The molecule has 0 spiro atoms. The van der Waals surface area contributed by atoms with E-state index in [1.54, 1.807) is 6.92 Å². The quantitative estimate of drug-likeness (QED) is 0.372. The number of nitrogens with zero attached hydrogens (tertiary/aromatic N) is 1. The smallest absolute Gasteiger partial charge is 0.340 e. The Labute approximate surface area is 110 Å². The summed E-state index contributed by atoms with van der Waals surface area (Å²) in [4.78, 5) is 11.6. The molecule has 1 aromatic carbocycles. The first-order chi connectivity index (χ1) is 8.78. The zero-order chi connectivity index (χ0) is 14.6. The van der Waals surface area contributed by atoms with Crippen molar-refractivity contribution in [2.75, 3.05) is 18.1 Å². The molecule has 104 valence electrons. The van der Waals surface area contributed by atoms with E-state index in [9.17, 15) is 13.2 Å². The summed E-state index contributed by atoms with van der Waals surface area (Å²) in [6, 6.07) is 4.31. The molecule has 1 rings (SSSR count). The van der Waals surface area contributed by atoms with Crippen LogP contribution in [0.25, 0.3) is 0 Å². The largest absolute Gasteiger partial charge is 0.465 e. The molecule has 19 heavy (non-hydrogen) atoms. The van der Waals surface area contributed by atoms with E-state index < -0.39 is 16.0 Å². The molecule has 0 fully saturated rings. The molecule has 2 N–H and O–H groups in total. The molecule has 7 nitrogen and oxygen atoms in total. The zero-order valence-corrected chi connectivity index (χ0v) is 11.5. The average molecular weight is 286 g/mol. The summed E-state index contributed by atoms with van der Waals surface area (Å²) in [7, 11) is -2.33. The summed E-state index contributed by atoms with van der Waals surface area (Å²) >= 11 is 0. The van der Waals surface area contributed by atoms with Gasteiger partial charge in [-0.05, 0) is 19.1 Å². The fourth-order valence-electron chi connectivity index (χ4n) is 1.39. The van der Waals surface area contributed by atoms with Gasteiger partial charge >= 0.3 is 5.97 Å². The Morgan fingerprint density at radius 2 is 2.05 bits per heavy atom. The van der Waals surface area contributed by atoms with E-state index in [4.69, 9.17) is 5.21 Å². The second-order valence-corrected chi connectivity index (χ2v) is 5.56. The maximum Gasteiger partial charge on any atom is 0.340 e. The Hall–Kier alpha value is -2.09. The van der Waals surface area contributed by atoms with Crippen molar-refractivity contribution in [1.29, 1.82) is 0 Å². The lowest BCUT2D eigenvalue weighted by Gasteiger charge is -2.10. The summed E-state index contributed by atoms with van der Waals surface area (Å²) < 4.78 is 29.2. The van der Waals surface area contributed by atoms with Crippen LogP contribution in [0.15, 0.2) is 23.4 Å². The fourth-order valence-corrected chi connectivity index (χ4v) is 1.97. The van der Waals surface area contributed by atoms with Crippen LogP contribution in [0.5, 0.6) is 0 Å². The number of oxime groups is 1. The number of sulfonamides is 1. The van der Waals surface area contributed by atoms with Crippen molar-refractivity contribution >= 4 is 27.4 Å². The van der Waals surface area contributed by atoms with Crippen molar-refractivity contribution in [3.05, 3.63) is 29.3 Å². The van der Waals surface area contributed by atoms with Gasteiger partial charge in [-0.1, -0.05) is 11.2 Å². The highest BCUT2D eigenvalue weighted by atomic mass is 32.2. The van der Waals surface area contributed by atoms with Crippen molar-refractivity contribution in [2.45, 2.75) is 6.92 Å². The Kier molecular flexibility index (Phi) is 4.49. The SMILES string of the molecule is COC(=O)c1cc(C(C)=NO)ccc1NS(C)(=O)=O. The van der Waals surface area contributed by atoms with Gasteiger partial charge in [0.1, 0.15) is 0 Å². The maximum atomic E-state index is 11.6. The third-order valence-electron chi connectivity index (χ3n) is 2.29. The van der Waals surface area contributed by atoms with Crippen LogP contribution in [0.1, 0.15) is 22.8 Å². The number of carbonyl (C=O) groups is 1. The third-order valence-corrected chi connectivity index (χ3v) is 2.88. The molecular formula is C11H14N2O5S. The minimum atomic E-state index is -3.52. The van der Waals surface area contributed by atoms with Gasteiger partial charge in [-0.15, -0.1) is 0 Å². The van der Waals surface area contributed by atoms with Gasteiger partial charge in [-0.3, -0.25) is 4.72 Å². The second kappa shape index (κ2) is 5.70. The van der Waals surface area contributed by atoms with E-state index >= 15 is 0 Å². The van der Waals surface area contributed by atoms with Crippen LogP contribution in [0.2, 0.25) is 0 Å². The molecule has 0 aliphatic heterocycles. The van der Waals surface area contributed by atoms with Gasteiger partial charge in [0.2, 0.25) is 10.0 Å². The minimum absolute atomic E-state index is 0.0356. The van der Waals surface area contributed by atoms with Gasteiger partial charge in [0.05, 0.1) is 30.3 Å². The van der Waals surface area contributed by atoms with E-state index in [-0.39, 0.29) is 17.0 Å². The number of anilines is 1. The van der Waals surface area contributed by atoms with E-state index in [0.29, 0.717) is 5.56 Å². The Balaban J connectivity index is 3.36. The first-order valence-corrected chi connectivity index (χ1v) is 7.07. The van der Waals surface area contributed by atoms with Gasteiger partial charge in [0.15, 0.2) is 0 Å².